The van der Waals surface area contributed by atoms with E-state index in [-0.39, 0.29) is 14.5 Å². The molecule has 0 saturated carbocycles. The van der Waals surface area contributed by atoms with Gasteiger partial charge in [-0.3, -0.25) is 0 Å². The van der Waals surface area contributed by atoms with Crippen molar-refractivity contribution in [3.05, 3.63) is 35.3 Å². The summed E-state index contributed by atoms with van der Waals surface area (Å²) in [7, 11) is 0. The van der Waals surface area contributed by atoms with Gasteiger partial charge in [0.2, 0.25) is 0 Å². The first-order valence-corrected chi connectivity index (χ1v) is 5.72. The van der Waals surface area contributed by atoms with Crippen LogP contribution in [0, 0.1) is 0 Å². The van der Waals surface area contributed by atoms with Crippen molar-refractivity contribution in [1.82, 2.24) is 4.98 Å². The van der Waals surface area contributed by atoms with Gasteiger partial charge in [0.25, 0.3) is 0 Å². The summed E-state index contributed by atoms with van der Waals surface area (Å²) in [5.41, 5.74) is 4.76. The number of nitrogen functional groups attached to an aromatic ring is 1. The van der Waals surface area contributed by atoms with Gasteiger partial charge in [-0.1, -0.05) is 0 Å². The van der Waals surface area contributed by atoms with E-state index >= 15 is 0 Å². The average molecular weight is 238 g/mol. The Morgan fingerprint density at radius 2 is 2.00 bits per heavy atom. The third kappa shape index (κ3) is 1.80. The van der Waals surface area contributed by atoms with E-state index in [0.717, 1.165) is 15.9 Å². The summed E-state index contributed by atoms with van der Waals surface area (Å²) < 4.78 is 0.881. The Bertz CT molecular complexity index is 383. The Labute approximate surface area is 82.3 Å². The fourth-order valence-corrected chi connectivity index (χ4v) is 2.41. The minimum absolute atomic E-state index is 0.264. The molecule has 3 N–H and O–H groups in total. The van der Waals surface area contributed by atoms with Crippen LogP contribution in [0.4, 0.5) is 4.69 Å². The number of hydrogen-bond donors (Lipinski definition) is 2. The van der Waals surface area contributed by atoms with Crippen molar-refractivity contribution in [1.29, 1.82) is 0 Å². The summed E-state index contributed by atoms with van der Waals surface area (Å²) in [4.78, 5) is 6.47. The Balaban J connectivity index is 2.36. The van der Waals surface area contributed by atoms with Gasteiger partial charge in [0.05, 0.1) is 0 Å². The van der Waals surface area contributed by atoms with Crippen LogP contribution in [0.5, 0.6) is 0 Å². The molecule has 0 atom stereocenters. The summed E-state index contributed by atoms with van der Waals surface area (Å²) in [6.45, 7) is 0. The second-order valence-electron chi connectivity index (χ2n) is 2.55. The van der Waals surface area contributed by atoms with E-state index in [0.29, 0.717) is 0 Å². The van der Waals surface area contributed by atoms with Crippen molar-refractivity contribution in [2.45, 2.75) is 0 Å². The SMILES string of the molecule is NNc1nc(-c2ccccc2)c[se]1. The number of hydrogen-bond acceptors (Lipinski definition) is 3. The molecule has 3 nitrogen and oxygen atoms in total. The molecule has 0 radical (unpaired) electrons. The van der Waals surface area contributed by atoms with E-state index in [9.17, 15) is 0 Å². The van der Waals surface area contributed by atoms with Crippen LogP contribution in [0.25, 0.3) is 11.3 Å². The molecule has 0 amide bonds. The molecule has 1 aromatic carbocycles. The molecule has 0 aliphatic heterocycles. The molecule has 0 unspecified atom stereocenters. The number of hydrazine groups is 1. The third-order valence-electron chi connectivity index (χ3n) is 1.70. The van der Waals surface area contributed by atoms with E-state index in [1.165, 1.54) is 0 Å². The van der Waals surface area contributed by atoms with Crippen LogP contribution in [-0.4, -0.2) is 19.5 Å². The molecule has 4 heteroatoms. The van der Waals surface area contributed by atoms with Gasteiger partial charge >= 0.3 is 82.0 Å². The van der Waals surface area contributed by atoms with Crippen LogP contribution >= 0.6 is 0 Å². The molecule has 0 bridgehead atoms. The Morgan fingerprint density at radius 1 is 1.23 bits per heavy atom. The number of rotatable bonds is 2. The molecule has 2 rings (SSSR count). The first-order chi connectivity index (χ1) is 6.40. The van der Waals surface area contributed by atoms with E-state index < -0.39 is 0 Å². The van der Waals surface area contributed by atoms with Crippen LogP contribution in [0.2, 0.25) is 0 Å². The Kier molecular flexibility index (Phi) is 2.45. The van der Waals surface area contributed by atoms with Crippen molar-refractivity contribution in [2.75, 3.05) is 5.43 Å². The molecule has 0 spiro atoms. The van der Waals surface area contributed by atoms with Gasteiger partial charge in [-0.25, -0.2) is 0 Å². The quantitative estimate of drug-likeness (QED) is 0.468. The molecule has 0 aliphatic rings. The summed E-state index contributed by atoms with van der Waals surface area (Å²) in [6.07, 6.45) is 0. The van der Waals surface area contributed by atoms with E-state index in [2.05, 4.69) is 15.4 Å². The summed E-state index contributed by atoms with van der Waals surface area (Å²) in [5.74, 6) is 5.28. The number of benzene rings is 1. The van der Waals surface area contributed by atoms with Gasteiger partial charge in [-0.05, 0) is 0 Å². The van der Waals surface area contributed by atoms with Crippen LogP contribution in [0.3, 0.4) is 0 Å². The maximum atomic E-state index is 5.28. The van der Waals surface area contributed by atoms with E-state index in [1.807, 2.05) is 30.3 Å². The molecule has 0 saturated heterocycles. The van der Waals surface area contributed by atoms with Crippen molar-refractivity contribution in [3.8, 4) is 11.3 Å². The third-order valence-corrected chi connectivity index (χ3v) is 3.32. The van der Waals surface area contributed by atoms with Crippen LogP contribution in [0.15, 0.2) is 35.3 Å². The summed E-state index contributed by atoms with van der Waals surface area (Å²) >= 11 is 0.264. The molecule has 0 fully saturated rings. The van der Waals surface area contributed by atoms with Gasteiger partial charge in [-0.15, -0.1) is 0 Å². The predicted molar refractivity (Wildman–Crippen MR) is 54.4 cm³/mol. The number of nitrogens with zero attached hydrogens (tertiary/aromatic N) is 1. The molecule has 0 aliphatic carbocycles. The summed E-state index contributed by atoms with van der Waals surface area (Å²) in [5, 5.41) is 0. The first-order valence-electron chi connectivity index (χ1n) is 3.88. The first kappa shape index (κ1) is 8.51. The topological polar surface area (TPSA) is 50.9 Å². The molecule has 13 heavy (non-hydrogen) atoms. The van der Waals surface area contributed by atoms with Crippen molar-refractivity contribution < 1.29 is 0 Å². The number of aromatic nitrogens is 1. The number of nitrogens with one attached hydrogen (secondary N) is 1. The van der Waals surface area contributed by atoms with Crippen molar-refractivity contribution in [3.63, 3.8) is 0 Å². The monoisotopic (exact) mass is 239 g/mol. The van der Waals surface area contributed by atoms with Gasteiger partial charge in [0.15, 0.2) is 0 Å². The zero-order chi connectivity index (χ0) is 9.10. The fraction of sp³-hybridized carbons (Fsp3) is 0. The number of nitrogens with two attached hydrogens (primary N) is 1. The molecule has 1 aromatic heterocycles. The van der Waals surface area contributed by atoms with Crippen LogP contribution in [-0.2, 0) is 0 Å². The Morgan fingerprint density at radius 3 is 2.62 bits per heavy atom. The normalized spacial score (nSPS) is 9.92. The van der Waals surface area contributed by atoms with Gasteiger partial charge in [-0.2, -0.15) is 0 Å². The summed E-state index contributed by atoms with van der Waals surface area (Å²) in [6, 6.07) is 10.1. The van der Waals surface area contributed by atoms with Crippen molar-refractivity contribution in [2.24, 2.45) is 5.84 Å². The zero-order valence-electron chi connectivity index (χ0n) is 6.90. The molecule has 66 valence electrons. The predicted octanol–water partition coefficient (Wildman–Crippen LogP) is 1.09. The molecular weight excluding hydrogens is 229 g/mol. The minimum atomic E-state index is 0.264. The van der Waals surface area contributed by atoms with Gasteiger partial charge in [0, 0.05) is 0 Å². The second kappa shape index (κ2) is 3.75. The Hall–Kier alpha value is -1.09. The molecule has 2 aromatic rings. The van der Waals surface area contributed by atoms with Crippen LogP contribution < -0.4 is 11.3 Å². The van der Waals surface area contributed by atoms with Gasteiger partial charge in [0.1, 0.15) is 0 Å². The zero-order valence-corrected chi connectivity index (χ0v) is 8.61. The number of anilines is 1. The van der Waals surface area contributed by atoms with Crippen molar-refractivity contribution >= 4 is 19.2 Å². The van der Waals surface area contributed by atoms with Gasteiger partial charge < -0.3 is 0 Å². The second-order valence-corrected chi connectivity index (χ2v) is 4.35. The van der Waals surface area contributed by atoms with E-state index in [4.69, 9.17) is 5.84 Å². The molecule has 1 heterocycles. The maximum absolute atomic E-state index is 5.28. The van der Waals surface area contributed by atoms with Crippen LogP contribution in [0.1, 0.15) is 0 Å². The fourth-order valence-electron chi connectivity index (χ4n) is 1.08. The standard InChI is InChI=1S/C9H9N3Se/c10-12-9-11-8(6-13-9)7-4-2-1-3-5-7/h1-6H,10H2,(H,11,12). The van der Waals surface area contributed by atoms with E-state index in [1.54, 1.807) is 0 Å². The molecular formula is C9H9N3Se. The average Bonchev–Trinajstić information content (AvgIpc) is 2.67.